The molecule has 2 heterocycles. The largest absolute Gasteiger partial charge is 0.356 e. The van der Waals surface area contributed by atoms with Crippen molar-refractivity contribution < 1.29 is 4.52 Å². The van der Waals surface area contributed by atoms with Gasteiger partial charge in [-0.15, -0.1) is 0 Å². The first-order valence-electron chi connectivity index (χ1n) is 5.90. The summed E-state index contributed by atoms with van der Waals surface area (Å²) in [5.41, 5.74) is 2.16. The van der Waals surface area contributed by atoms with Gasteiger partial charge in [0.25, 0.3) is 5.89 Å². The Balaban J connectivity index is 1.82. The summed E-state index contributed by atoms with van der Waals surface area (Å²) in [7, 11) is 0. The maximum Gasteiger partial charge on any atom is 0.274 e. The fourth-order valence-electron chi connectivity index (χ4n) is 1.85. The summed E-state index contributed by atoms with van der Waals surface area (Å²) < 4.78 is 5.18. The smallest absolute Gasteiger partial charge is 0.274 e. The van der Waals surface area contributed by atoms with Crippen molar-refractivity contribution in [3.8, 4) is 17.7 Å². The third kappa shape index (κ3) is 2.56. The number of benzene rings is 1. The number of nitrogens with zero attached hydrogens (tertiary/aromatic N) is 3. The summed E-state index contributed by atoms with van der Waals surface area (Å²) in [5, 5.41) is 13.4. The molecule has 6 heteroatoms. The zero-order valence-corrected chi connectivity index (χ0v) is 11.1. The van der Waals surface area contributed by atoms with E-state index in [2.05, 4.69) is 15.1 Å². The summed E-state index contributed by atoms with van der Waals surface area (Å²) in [6.45, 7) is 0. The molecule has 0 aliphatic rings. The highest BCUT2D eigenvalue weighted by atomic mass is 35.5. The van der Waals surface area contributed by atoms with E-state index in [4.69, 9.17) is 21.4 Å². The lowest BCUT2D eigenvalue weighted by Gasteiger charge is -1.96. The third-order valence-electron chi connectivity index (χ3n) is 2.76. The Kier molecular flexibility index (Phi) is 3.23. The van der Waals surface area contributed by atoms with Crippen LogP contribution in [0.15, 0.2) is 41.1 Å². The van der Waals surface area contributed by atoms with Crippen LogP contribution in [-0.4, -0.2) is 15.1 Å². The summed E-state index contributed by atoms with van der Waals surface area (Å²) in [6, 6.07) is 11.2. The number of hydrogen-bond acceptors (Lipinski definition) is 4. The van der Waals surface area contributed by atoms with Crippen LogP contribution in [0.5, 0.6) is 0 Å². The molecule has 0 spiro atoms. The van der Waals surface area contributed by atoms with E-state index in [0.29, 0.717) is 34.4 Å². The van der Waals surface area contributed by atoms with Crippen LogP contribution in [0.4, 0.5) is 0 Å². The molecule has 98 valence electrons. The molecule has 0 saturated carbocycles. The molecule has 1 aromatic carbocycles. The van der Waals surface area contributed by atoms with Gasteiger partial charge in [0.05, 0.1) is 5.56 Å². The van der Waals surface area contributed by atoms with Gasteiger partial charge in [0.2, 0.25) is 0 Å². The Morgan fingerprint density at radius 1 is 1.35 bits per heavy atom. The second-order valence-corrected chi connectivity index (χ2v) is 4.67. The Hall–Kier alpha value is -2.58. The lowest BCUT2D eigenvalue weighted by atomic mass is 10.1. The lowest BCUT2D eigenvalue weighted by Crippen LogP contribution is -1.90. The monoisotopic (exact) mass is 284 g/mol. The first kappa shape index (κ1) is 12.5. The van der Waals surface area contributed by atoms with Crippen molar-refractivity contribution in [2.75, 3.05) is 0 Å². The number of nitrogens with one attached hydrogen (secondary N) is 1. The standard InChI is InChI=1S/C14H9ClN4O/c15-11-3-1-2-9(4-11)6-13-18-14(20-19-13)12-5-10(7-16)8-17-12/h1-5,8,17H,6H2. The average molecular weight is 285 g/mol. The minimum Gasteiger partial charge on any atom is -0.356 e. The zero-order chi connectivity index (χ0) is 13.9. The van der Waals surface area contributed by atoms with Gasteiger partial charge in [-0.1, -0.05) is 28.9 Å². The number of rotatable bonds is 3. The van der Waals surface area contributed by atoms with Crippen LogP contribution in [-0.2, 0) is 6.42 Å². The molecule has 5 nitrogen and oxygen atoms in total. The van der Waals surface area contributed by atoms with E-state index >= 15 is 0 Å². The van der Waals surface area contributed by atoms with Crippen LogP contribution in [0, 0.1) is 11.3 Å². The highest BCUT2D eigenvalue weighted by Crippen LogP contribution is 2.18. The van der Waals surface area contributed by atoms with Gasteiger partial charge in [-0.05, 0) is 23.8 Å². The quantitative estimate of drug-likeness (QED) is 0.801. The van der Waals surface area contributed by atoms with Gasteiger partial charge >= 0.3 is 0 Å². The summed E-state index contributed by atoms with van der Waals surface area (Å²) in [5.74, 6) is 0.930. The molecular weight excluding hydrogens is 276 g/mol. The first-order valence-corrected chi connectivity index (χ1v) is 6.28. The van der Waals surface area contributed by atoms with E-state index in [1.54, 1.807) is 12.3 Å². The van der Waals surface area contributed by atoms with Gasteiger partial charge in [0.15, 0.2) is 5.82 Å². The van der Waals surface area contributed by atoms with Crippen LogP contribution in [0.25, 0.3) is 11.6 Å². The number of halogens is 1. The molecule has 1 N–H and O–H groups in total. The molecule has 0 saturated heterocycles. The minimum absolute atomic E-state index is 0.364. The van der Waals surface area contributed by atoms with Gasteiger partial charge in [0.1, 0.15) is 11.8 Å². The Labute approximate surface area is 119 Å². The van der Waals surface area contributed by atoms with E-state index in [1.807, 2.05) is 30.3 Å². The van der Waals surface area contributed by atoms with Crippen molar-refractivity contribution in [3.63, 3.8) is 0 Å². The zero-order valence-electron chi connectivity index (χ0n) is 10.3. The highest BCUT2D eigenvalue weighted by molar-refractivity contribution is 6.30. The van der Waals surface area contributed by atoms with Crippen LogP contribution in [0.2, 0.25) is 5.02 Å². The molecular formula is C14H9ClN4O. The predicted molar refractivity (Wildman–Crippen MR) is 73.1 cm³/mol. The van der Waals surface area contributed by atoms with E-state index in [9.17, 15) is 0 Å². The fraction of sp³-hybridized carbons (Fsp3) is 0.0714. The molecule has 20 heavy (non-hydrogen) atoms. The first-order chi connectivity index (χ1) is 9.74. The van der Waals surface area contributed by atoms with Crippen molar-refractivity contribution >= 4 is 11.6 Å². The average Bonchev–Trinajstić information content (AvgIpc) is 3.07. The van der Waals surface area contributed by atoms with Crippen LogP contribution in [0.3, 0.4) is 0 Å². The summed E-state index contributed by atoms with van der Waals surface area (Å²) in [4.78, 5) is 7.21. The Bertz CT molecular complexity index is 784. The number of hydrogen-bond donors (Lipinski definition) is 1. The predicted octanol–water partition coefficient (Wildman–Crippen LogP) is 3.18. The van der Waals surface area contributed by atoms with E-state index in [1.165, 1.54) is 0 Å². The third-order valence-corrected chi connectivity index (χ3v) is 3.00. The minimum atomic E-state index is 0.364. The van der Waals surface area contributed by atoms with Crippen molar-refractivity contribution in [2.24, 2.45) is 0 Å². The van der Waals surface area contributed by atoms with Crippen molar-refractivity contribution in [2.45, 2.75) is 6.42 Å². The van der Waals surface area contributed by atoms with Crippen LogP contribution >= 0.6 is 11.6 Å². The van der Waals surface area contributed by atoms with Crippen LogP contribution < -0.4 is 0 Å². The molecule has 0 amide bonds. The molecule has 0 unspecified atom stereocenters. The van der Waals surface area contributed by atoms with Crippen molar-refractivity contribution in [1.82, 2.24) is 15.1 Å². The maximum atomic E-state index is 8.77. The van der Waals surface area contributed by atoms with Crippen LogP contribution in [0.1, 0.15) is 17.0 Å². The molecule has 0 aliphatic carbocycles. The molecule has 0 atom stereocenters. The van der Waals surface area contributed by atoms with Gasteiger partial charge in [-0.3, -0.25) is 0 Å². The fourth-order valence-corrected chi connectivity index (χ4v) is 2.06. The van der Waals surface area contributed by atoms with Crippen molar-refractivity contribution in [3.05, 3.63) is 58.5 Å². The highest BCUT2D eigenvalue weighted by Gasteiger charge is 2.11. The molecule has 0 bridgehead atoms. The number of aromatic nitrogens is 3. The molecule has 3 rings (SSSR count). The molecule has 0 fully saturated rings. The maximum absolute atomic E-state index is 8.77. The number of aromatic amines is 1. The second kappa shape index (κ2) is 5.19. The topological polar surface area (TPSA) is 78.5 Å². The number of H-pyrrole nitrogens is 1. The van der Waals surface area contributed by atoms with E-state index < -0.39 is 0 Å². The molecule has 2 aromatic heterocycles. The molecule has 3 aromatic rings. The number of nitriles is 1. The lowest BCUT2D eigenvalue weighted by molar-refractivity contribution is 0.423. The van der Waals surface area contributed by atoms with Gasteiger partial charge in [0, 0.05) is 17.6 Å². The van der Waals surface area contributed by atoms with Gasteiger partial charge < -0.3 is 9.51 Å². The van der Waals surface area contributed by atoms with E-state index in [-0.39, 0.29) is 0 Å². The molecule has 0 aliphatic heterocycles. The Morgan fingerprint density at radius 2 is 2.25 bits per heavy atom. The Morgan fingerprint density at radius 3 is 3.00 bits per heavy atom. The van der Waals surface area contributed by atoms with E-state index in [0.717, 1.165) is 5.56 Å². The normalized spacial score (nSPS) is 10.4. The SMILES string of the molecule is N#Cc1c[nH]c(-c2nc(Cc3cccc(Cl)c3)no2)c1. The summed E-state index contributed by atoms with van der Waals surface area (Å²) >= 11 is 5.93. The molecule has 0 radical (unpaired) electrons. The van der Waals surface area contributed by atoms with Gasteiger partial charge in [-0.2, -0.15) is 10.2 Å². The second-order valence-electron chi connectivity index (χ2n) is 4.24. The summed E-state index contributed by atoms with van der Waals surface area (Å²) in [6.07, 6.45) is 2.13. The van der Waals surface area contributed by atoms with Gasteiger partial charge in [-0.25, -0.2) is 0 Å². The van der Waals surface area contributed by atoms with Crippen molar-refractivity contribution in [1.29, 1.82) is 5.26 Å².